The number of carbonyl (C=O) groups is 1. The topological polar surface area (TPSA) is 20.3 Å². The number of hydrogen-bond acceptors (Lipinski definition) is 2. The molecule has 0 amide bonds. The first-order valence-corrected chi connectivity index (χ1v) is 8.44. The summed E-state index contributed by atoms with van der Waals surface area (Å²) in [6, 6.07) is 1.42. The summed E-state index contributed by atoms with van der Waals surface area (Å²) in [6.45, 7) is 2.29. The van der Waals surface area contributed by atoms with Crippen molar-refractivity contribution in [3.05, 3.63) is 0 Å². The molecule has 0 aromatic heterocycles. The Morgan fingerprint density at radius 2 is 1.53 bits per heavy atom. The van der Waals surface area contributed by atoms with Gasteiger partial charge in [0.15, 0.2) is 0 Å². The first-order chi connectivity index (χ1) is 9.19. The first-order valence-electron chi connectivity index (χ1n) is 8.44. The summed E-state index contributed by atoms with van der Waals surface area (Å²) in [4.78, 5) is 15.3. The molecule has 2 unspecified atom stereocenters. The molecule has 1 saturated carbocycles. The number of fused-ring (bicyclic) bond motifs is 2. The Morgan fingerprint density at radius 1 is 0.947 bits per heavy atom. The molecule has 2 saturated heterocycles. The zero-order valence-electron chi connectivity index (χ0n) is 12.6. The third-order valence-electron chi connectivity index (χ3n) is 6.33. The van der Waals surface area contributed by atoms with E-state index in [1.54, 1.807) is 0 Å². The minimum Gasteiger partial charge on any atom is -0.300 e. The van der Waals surface area contributed by atoms with E-state index in [-0.39, 0.29) is 0 Å². The van der Waals surface area contributed by atoms with E-state index in [9.17, 15) is 4.79 Å². The average molecular weight is 263 g/mol. The summed E-state index contributed by atoms with van der Waals surface area (Å²) in [6.07, 6.45) is 11.2. The molecule has 108 valence electrons. The van der Waals surface area contributed by atoms with Gasteiger partial charge in [0.05, 0.1) is 0 Å². The predicted octanol–water partition coefficient (Wildman–Crippen LogP) is 3.64. The summed E-state index contributed by atoms with van der Waals surface area (Å²) in [5.41, 5.74) is 0. The summed E-state index contributed by atoms with van der Waals surface area (Å²) in [5.74, 6) is 2.35. The SMILES string of the molecule is CCC1CCC(C(=O)C2CC3CCC(C2)N3C)CC1. The van der Waals surface area contributed by atoms with Crippen molar-refractivity contribution in [1.29, 1.82) is 0 Å². The van der Waals surface area contributed by atoms with Crippen molar-refractivity contribution in [3.8, 4) is 0 Å². The van der Waals surface area contributed by atoms with Crippen LogP contribution < -0.4 is 0 Å². The molecule has 2 heteroatoms. The first kappa shape index (κ1) is 13.6. The standard InChI is InChI=1S/C17H29NO/c1-3-12-4-6-13(7-5-12)17(19)14-10-15-8-9-16(11-14)18(15)2/h12-16H,3-11H2,1-2H3. The molecule has 1 aliphatic carbocycles. The fourth-order valence-corrected chi connectivity index (χ4v) is 4.83. The van der Waals surface area contributed by atoms with Crippen LogP contribution in [0, 0.1) is 17.8 Å². The Hall–Kier alpha value is -0.370. The molecule has 2 atom stereocenters. The number of piperidine rings is 1. The van der Waals surface area contributed by atoms with Crippen LogP contribution in [0.25, 0.3) is 0 Å². The molecule has 19 heavy (non-hydrogen) atoms. The van der Waals surface area contributed by atoms with E-state index in [0.29, 0.717) is 29.7 Å². The molecule has 3 aliphatic rings. The quantitative estimate of drug-likeness (QED) is 0.774. The molecular formula is C17H29NO. The molecule has 0 aromatic rings. The van der Waals surface area contributed by atoms with Gasteiger partial charge in [-0.1, -0.05) is 13.3 Å². The second-order valence-electron chi connectivity index (χ2n) is 7.25. The van der Waals surface area contributed by atoms with Crippen molar-refractivity contribution in [2.75, 3.05) is 7.05 Å². The highest BCUT2D eigenvalue weighted by Crippen LogP contribution is 2.41. The molecule has 2 bridgehead atoms. The smallest absolute Gasteiger partial charge is 0.139 e. The lowest BCUT2D eigenvalue weighted by molar-refractivity contribution is -0.130. The summed E-state index contributed by atoms with van der Waals surface area (Å²) in [5, 5.41) is 0. The average Bonchev–Trinajstić information content (AvgIpc) is 2.68. The molecule has 3 rings (SSSR count). The van der Waals surface area contributed by atoms with Gasteiger partial charge in [-0.2, -0.15) is 0 Å². The Kier molecular flexibility index (Phi) is 3.98. The fraction of sp³-hybridized carbons (Fsp3) is 0.941. The van der Waals surface area contributed by atoms with Crippen molar-refractivity contribution in [1.82, 2.24) is 4.90 Å². The zero-order valence-corrected chi connectivity index (χ0v) is 12.6. The molecule has 0 radical (unpaired) electrons. The highest BCUT2D eigenvalue weighted by Gasteiger charge is 2.42. The maximum Gasteiger partial charge on any atom is 0.139 e. The predicted molar refractivity (Wildman–Crippen MR) is 78.0 cm³/mol. The van der Waals surface area contributed by atoms with Gasteiger partial charge in [0.25, 0.3) is 0 Å². The highest BCUT2D eigenvalue weighted by molar-refractivity contribution is 5.83. The maximum absolute atomic E-state index is 12.8. The van der Waals surface area contributed by atoms with E-state index in [0.717, 1.165) is 18.8 Å². The van der Waals surface area contributed by atoms with Gasteiger partial charge in [0, 0.05) is 23.9 Å². The van der Waals surface area contributed by atoms with E-state index < -0.39 is 0 Å². The molecule has 0 N–H and O–H groups in total. The van der Waals surface area contributed by atoms with Crippen LogP contribution in [-0.2, 0) is 4.79 Å². The van der Waals surface area contributed by atoms with Gasteiger partial charge < -0.3 is 4.90 Å². The summed E-state index contributed by atoms with van der Waals surface area (Å²) >= 11 is 0. The molecule has 2 aliphatic heterocycles. The Balaban J connectivity index is 1.57. The molecule has 0 spiro atoms. The minimum atomic E-state index is 0.400. The van der Waals surface area contributed by atoms with Crippen molar-refractivity contribution >= 4 is 5.78 Å². The summed E-state index contributed by atoms with van der Waals surface area (Å²) in [7, 11) is 2.26. The van der Waals surface area contributed by atoms with Crippen molar-refractivity contribution in [2.24, 2.45) is 17.8 Å². The monoisotopic (exact) mass is 263 g/mol. The molecule has 0 aromatic carbocycles. The van der Waals surface area contributed by atoms with Crippen LogP contribution in [0.1, 0.15) is 64.7 Å². The highest BCUT2D eigenvalue weighted by atomic mass is 16.1. The molecule has 3 fully saturated rings. The van der Waals surface area contributed by atoms with Crippen LogP contribution in [0.15, 0.2) is 0 Å². The van der Waals surface area contributed by atoms with Gasteiger partial charge in [-0.15, -0.1) is 0 Å². The van der Waals surface area contributed by atoms with E-state index in [1.165, 1.54) is 44.9 Å². The largest absolute Gasteiger partial charge is 0.300 e. The van der Waals surface area contributed by atoms with Gasteiger partial charge in [0.1, 0.15) is 5.78 Å². The normalized spacial score (nSPS) is 43.4. The number of Topliss-reactive ketones (excluding diaryl/α,β-unsaturated/α-hetero) is 1. The van der Waals surface area contributed by atoms with E-state index in [4.69, 9.17) is 0 Å². The third-order valence-corrected chi connectivity index (χ3v) is 6.33. The van der Waals surface area contributed by atoms with Gasteiger partial charge >= 0.3 is 0 Å². The maximum atomic E-state index is 12.8. The van der Waals surface area contributed by atoms with Crippen LogP contribution in [0.5, 0.6) is 0 Å². The Bertz CT molecular complexity index is 318. The van der Waals surface area contributed by atoms with Gasteiger partial charge in [0.2, 0.25) is 0 Å². The Morgan fingerprint density at radius 3 is 2.05 bits per heavy atom. The molecule has 2 nitrogen and oxygen atoms in total. The van der Waals surface area contributed by atoms with Crippen LogP contribution in [0.2, 0.25) is 0 Å². The van der Waals surface area contributed by atoms with Crippen LogP contribution in [0.3, 0.4) is 0 Å². The van der Waals surface area contributed by atoms with Gasteiger partial charge in [-0.3, -0.25) is 4.79 Å². The van der Waals surface area contributed by atoms with Crippen molar-refractivity contribution in [2.45, 2.75) is 76.8 Å². The van der Waals surface area contributed by atoms with E-state index in [1.807, 2.05) is 0 Å². The number of rotatable bonds is 3. The second kappa shape index (κ2) is 5.55. The van der Waals surface area contributed by atoms with Crippen molar-refractivity contribution in [3.63, 3.8) is 0 Å². The number of nitrogens with zero attached hydrogens (tertiary/aromatic N) is 1. The number of ketones is 1. The minimum absolute atomic E-state index is 0.400. The van der Waals surface area contributed by atoms with E-state index >= 15 is 0 Å². The lowest BCUT2D eigenvalue weighted by atomic mass is 9.74. The van der Waals surface area contributed by atoms with Crippen molar-refractivity contribution < 1.29 is 4.79 Å². The molecular weight excluding hydrogens is 234 g/mol. The zero-order chi connectivity index (χ0) is 13.4. The van der Waals surface area contributed by atoms with Crippen LogP contribution in [0.4, 0.5) is 0 Å². The third kappa shape index (κ3) is 2.61. The van der Waals surface area contributed by atoms with Gasteiger partial charge in [-0.05, 0) is 64.3 Å². The van der Waals surface area contributed by atoms with E-state index in [2.05, 4.69) is 18.9 Å². The summed E-state index contributed by atoms with van der Waals surface area (Å²) < 4.78 is 0. The second-order valence-corrected chi connectivity index (χ2v) is 7.25. The molecule has 2 heterocycles. The number of hydrogen-bond donors (Lipinski definition) is 0. The van der Waals surface area contributed by atoms with Crippen LogP contribution >= 0.6 is 0 Å². The Labute approximate surface area is 117 Å². The van der Waals surface area contributed by atoms with Gasteiger partial charge in [-0.25, -0.2) is 0 Å². The fourth-order valence-electron chi connectivity index (χ4n) is 4.83. The number of carbonyl (C=O) groups excluding carboxylic acids is 1. The lowest BCUT2D eigenvalue weighted by Gasteiger charge is -2.38. The lowest BCUT2D eigenvalue weighted by Crippen LogP contribution is -2.43. The van der Waals surface area contributed by atoms with Crippen LogP contribution in [-0.4, -0.2) is 29.8 Å².